The Labute approximate surface area is 191 Å². The summed E-state index contributed by atoms with van der Waals surface area (Å²) in [5.41, 5.74) is 6.56. The lowest BCUT2D eigenvalue weighted by Crippen LogP contribution is -2.17. The zero-order chi connectivity index (χ0) is 22.2. The van der Waals surface area contributed by atoms with Gasteiger partial charge in [0.25, 0.3) is 5.91 Å². The van der Waals surface area contributed by atoms with E-state index in [2.05, 4.69) is 20.3 Å². The maximum absolute atomic E-state index is 12.5. The molecule has 2 N–H and O–H groups in total. The minimum atomic E-state index is -0.576. The molecule has 2 aromatic heterocycles. The molecule has 1 aliphatic rings. The van der Waals surface area contributed by atoms with Crippen molar-refractivity contribution in [1.29, 1.82) is 0 Å². The van der Waals surface area contributed by atoms with Crippen molar-refractivity contribution in [3.05, 3.63) is 65.9 Å². The van der Waals surface area contributed by atoms with Gasteiger partial charge in [0, 0.05) is 30.9 Å². The van der Waals surface area contributed by atoms with E-state index < -0.39 is 6.09 Å². The molecule has 1 aliphatic heterocycles. The maximum Gasteiger partial charge on any atom is 0.413 e. The molecule has 5 rings (SSSR count). The fourth-order valence-corrected chi connectivity index (χ4v) is 3.95. The average Bonchev–Trinajstić information content (AvgIpc) is 3.33. The first kappa shape index (κ1) is 22.0. The highest BCUT2D eigenvalue weighted by Crippen LogP contribution is 2.34. The Morgan fingerprint density at radius 2 is 1.97 bits per heavy atom. The van der Waals surface area contributed by atoms with Crippen LogP contribution >= 0.6 is 0 Å². The first-order valence-electron chi connectivity index (χ1n) is 10.3. The smallest absolute Gasteiger partial charge is 0.413 e. The summed E-state index contributed by atoms with van der Waals surface area (Å²) in [6.07, 6.45) is 1.15. The monoisotopic (exact) mass is 443 g/mol. The van der Waals surface area contributed by atoms with Gasteiger partial charge in [-0.25, -0.2) is 9.78 Å². The highest BCUT2D eigenvalue weighted by atomic mass is 16.5. The summed E-state index contributed by atoms with van der Waals surface area (Å²) < 4.78 is 4.95. The molecule has 4 aromatic rings. The number of carbonyl (C=O) groups excluding carboxylic acids is 2. The Bertz CT molecular complexity index is 1350. The van der Waals surface area contributed by atoms with Crippen LogP contribution in [0, 0.1) is 0 Å². The summed E-state index contributed by atoms with van der Waals surface area (Å²) in [5.74, 6) is 0.314. The number of amides is 2. The Morgan fingerprint density at radius 1 is 1.15 bits per heavy atom. The number of hydrogen-bond acceptors (Lipinski definition) is 5. The lowest BCUT2D eigenvalue weighted by atomic mass is 9.97. The van der Waals surface area contributed by atoms with Gasteiger partial charge in [-0.15, -0.1) is 0 Å². The number of nitrogens with zero attached hydrogens (tertiary/aromatic N) is 3. The summed E-state index contributed by atoms with van der Waals surface area (Å²) in [6, 6.07) is 15.6. The van der Waals surface area contributed by atoms with Gasteiger partial charge in [0.2, 0.25) is 5.95 Å². The van der Waals surface area contributed by atoms with Gasteiger partial charge < -0.3 is 14.6 Å². The minimum Gasteiger partial charge on any atom is -0.450 e. The van der Waals surface area contributed by atoms with Gasteiger partial charge in [0.1, 0.15) is 0 Å². The van der Waals surface area contributed by atoms with E-state index in [-0.39, 0.29) is 19.9 Å². The fraction of sp³-hybridized carbons (Fsp3) is 0.200. The number of H-pyrrole nitrogens is 1. The third kappa shape index (κ3) is 4.03. The number of ether oxygens (including phenoxy) is 1. The fourth-order valence-electron chi connectivity index (χ4n) is 3.95. The van der Waals surface area contributed by atoms with Crippen molar-refractivity contribution in [1.82, 2.24) is 19.9 Å². The molecule has 8 nitrogen and oxygen atoms in total. The van der Waals surface area contributed by atoms with Gasteiger partial charge in [-0.3, -0.25) is 15.1 Å². The Balaban J connectivity index is 0.00000259. The van der Waals surface area contributed by atoms with Crippen LogP contribution in [0.25, 0.3) is 33.4 Å². The number of rotatable bonds is 4. The van der Waals surface area contributed by atoms with Crippen LogP contribution in [0.1, 0.15) is 30.3 Å². The van der Waals surface area contributed by atoms with Crippen LogP contribution in [0.5, 0.6) is 0 Å². The van der Waals surface area contributed by atoms with E-state index in [4.69, 9.17) is 4.74 Å². The van der Waals surface area contributed by atoms with Crippen molar-refractivity contribution >= 4 is 29.0 Å². The van der Waals surface area contributed by atoms with Crippen molar-refractivity contribution in [3.63, 3.8) is 0 Å². The molecule has 2 aromatic carbocycles. The van der Waals surface area contributed by atoms with Gasteiger partial charge in [0.05, 0.1) is 23.3 Å². The number of benzene rings is 2. The standard InChI is InChI=1S/C24H21N5O3.CH4/c1-3-32-24(31)28-23-26-20-12-16(11-18(21(20)27-23)19-6-4-5-9-25-19)14-7-8-15-13-29(2)22(30)17(15)10-14;/h4-12H,3,13H2,1-2H3,(H2,26,27,28,31);1H4. The number of nitrogens with one attached hydrogen (secondary N) is 2. The zero-order valence-electron chi connectivity index (χ0n) is 17.7. The summed E-state index contributed by atoms with van der Waals surface area (Å²) in [5, 5.41) is 2.62. The van der Waals surface area contributed by atoms with Crippen molar-refractivity contribution < 1.29 is 14.3 Å². The van der Waals surface area contributed by atoms with Crippen molar-refractivity contribution in [2.24, 2.45) is 0 Å². The summed E-state index contributed by atoms with van der Waals surface area (Å²) >= 11 is 0. The predicted octanol–water partition coefficient (Wildman–Crippen LogP) is 5.08. The quantitative estimate of drug-likeness (QED) is 0.458. The summed E-state index contributed by atoms with van der Waals surface area (Å²) in [7, 11) is 1.80. The molecule has 0 saturated carbocycles. The number of hydrogen-bond donors (Lipinski definition) is 2. The molecule has 0 fully saturated rings. The van der Waals surface area contributed by atoms with Gasteiger partial charge in [-0.1, -0.05) is 25.6 Å². The number of fused-ring (bicyclic) bond motifs is 2. The van der Waals surface area contributed by atoms with Crippen molar-refractivity contribution in [2.45, 2.75) is 20.9 Å². The lowest BCUT2D eigenvalue weighted by Gasteiger charge is -2.08. The average molecular weight is 444 g/mol. The second-order valence-electron chi connectivity index (χ2n) is 7.60. The molecule has 0 unspecified atom stereocenters. The number of carbonyl (C=O) groups is 2. The lowest BCUT2D eigenvalue weighted by molar-refractivity contribution is 0.0816. The molecule has 0 aliphatic carbocycles. The number of anilines is 1. The second kappa shape index (κ2) is 8.74. The molecule has 0 bridgehead atoms. The van der Waals surface area contributed by atoms with Gasteiger partial charge in [-0.2, -0.15) is 0 Å². The highest BCUT2D eigenvalue weighted by Gasteiger charge is 2.25. The van der Waals surface area contributed by atoms with Gasteiger partial charge >= 0.3 is 6.09 Å². The van der Waals surface area contributed by atoms with Crippen LogP contribution in [0.3, 0.4) is 0 Å². The SMILES string of the molecule is C.CCOC(=O)Nc1nc2c(-c3ccccn3)cc(-c3ccc4c(c3)C(=O)N(C)C4)cc2[nH]1. The normalized spacial score (nSPS) is 12.4. The Kier molecular flexibility index (Phi) is 5.83. The van der Waals surface area contributed by atoms with Crippen molar-refractivity contribution in [3.8, 4) is 22.4 Å². The largest absolute Gasteiger partial charge is 0.450 e. The van der Waals surface area contributed by atoms with E-state index in [0.29, 0.717) is 18.0 Å². The number of aromatic amines is 1. The van der Waals surface area contributed by atoms with Crippen LogP contribution in [0.2, 0.25) is 0 Å². The molecule has 0 radical (unpaired) electrons. The first-order valence-corrected chi connectivity index (χ1v) is 10.3. The van der Waals surface area contributed by atoms with Crippen molar-refractivity contribution in [2.75, 3.05) is 19.0 Å². The minimum absolute atomic E-state index is 0. The zero-order valence-corrected chi connectivity index (χ0v) is 17.7. The second-order valence-corrected chi connectivity index (χ2v) is 7.60. The van der Waals surface area contributed by atoms with Crippen LogP contribution in [-0.2, 0) is 11.3 Å². The van der Waals surface area contributed by atoms with Crippen LogP contribution in [0.15, 0.2) is 54.7 Å². The Hall–Kier alpha value is -4.20. The number of imidazole rings is 1. The Morgan fingerprint density at radius 3 is 2.73 bits per heavy atom. The molecular formula is C25H25N5O3. The summed E-state index contributed by atoms with van der Waals surface area (Å²) in [4.78, 5) is 38.2. The molecule has 2 amide bonds. The first-order chi connectivity index (χ1) is 15.5. The molecule has 0 spiro atoms. The molecule has 33 heavy (non-hydrogen) atoms. The van der Waals surface area contributed by atoms with E-state index in [1.165, 1.54) is 0 Å². The van der Waals surface area contributed by atoms with E-state index in [9.17, 15) is 9.59 Å². The third-order valence-electron chi connectivity index (χ3n) is 5.45. The third-order valence-corrected chi connectivity index (χ3v) is 5.45. The van der Waals surface area contributed by atoms with Crippen LogP contribution < -0.4 is 5.32 Å². The van der Waals surface area contributed by atoms with E-state index in [1.54, 1.807) is 25.1 Å². The van der Waals surface area contributed by atoms with E-state index in [1.807, 2.05) is 48.5 Å². The topological polar surface area (TPSA) is 100 Å². The molecule has 8 heteroatoms. The predicted molar refractivity (Wildman–Crippen MR) is 128 cm³/mol. The van der Waals surface area contributed by atoms with Crippen LogP contribution in [-0.4, -0.2) is 45.5 Å². The molecule has 0 saturated heterocycles. The summed E-state index contributed by atoms with van der Waals surface area (Å²) in [6.45, 7) is 2.63. The van der Waals surface area contributed by atoms with Crippen LogP contribution in [0.4, 0.5) is 10.7 Å². The molecule has 0 atom stereocenters. The van der Waals surface area contributed by atoms with Gasteiger partial charge in [0.15, 0.2) is 0 Å². The highest BCUT2D eigenvalue weighted by molar-refractivity contribution is 6.01. The number of pyridine rings is 1. The van der Waals surface area contributed by atoms with Gasteiger partial charge in [-0.05, 0) is 53.9 Å². The molecule has 3 heterocycles. The van der Waals surface area contributed by atoms with E-state index >= 15 is 0 Å². The van der Waals surface area contributed by atoms with E-state index in [0.717, 1.165) is 39.0 Å². The maximum atomic E-state index is 12.5. The molecular weight excluding hydrogens is 418 g/mol. The molecule has 168 valence electrons. The number of aromatic nitrogens is 3.